The fraction of sp³-hybridized carbons (Fsp3) is 0.588. The molecule has 1 unspecified atom stereocenters. The van der Waals surface area contributed by atoms with Crippen LogP contribution in [0.3, 0.4) is 0 Å². The van der Waals surface area contributed by atoms with Gasteiger partial charge < -0.3 is 5.11 Å². The maximum Gasteiger partial charge on any atom is 0.0729 e. The number of nitrogens with zero attached hydrogens (tertiary/aromatic N) is 2. The van der Waals surface area contributed by atoms with Crippen LogP contribution in [0.4, 0.5) is 0 Å². The van der Waals surface area contributed by atoms with Crippen LogP contribution in [-0.4, -0.2) is 21.0 Å². The summed E-state index contributed by atoms with van der Waals surface area (Å²) in [7, 11) is 1.97. The maximum atomic E-state index is 10.7. The van der Waals surface area contributed by atoms with Gasteiger partial charge >= 0.3 is 0 Å². The molecule has 1 saturated carbocycles. The Labute approximate surface area is 120 Å². The summed E-state index contributed by atoms with van der Waals surface area (Å²) in [5, 5.41) is 16.5. The van der Waals surface area contributed by atoms with Crippen molar-refractivity contribution in [2.24, 2.45) is 12.5 Å². The Morgan fingerprint density at radius 3 is 2.70 bits per heavy atom. The predicted molar refractivity (Wildman–Crippen MR) is 81.6 cm³/mol. The van der Waals surface area contributed by atoms with Gasteiger partial charge in [-0.1, -0.05) is 44.4 Å². The molecular weight excluding hydrogens is 248 g/mol. The Bertz CT molecular complexity index is 596. The van der Waals surface area contributed by atoms with E-state index in [1.165, 1.54) is 24.6 Å². The van der Waals surface area contributed by atoms with Crippen LogP contribution in [0.15, 0.2) is 24.3 Å². The van der Waals surface area contributed by atoms with Crippen LogP contribution in [0.25, 0.3) is 10.9 Å². The van der Waals surface area contributed by atoms with E-state index < -0.39 is 0 Å². The molecule has 0 radical (unpaired) electrons. The van der Waals surface area contributed by atoms with Gasteiger partial charge in [0.05, 0.1) is 17.3 Å². The number of aromatic nitrogens is 2. The van der Waals surface area contributed by atoms with Crippen molar-refractivity contribution in [3.05, 3.63) is 30.0 Å². The fourth-order valence-corrected chi connectivity index (χ4v) is 3.56. The van der Waals surface area contributed by atoms with Crippen molar-refractivity contribution in [1.29, 1.82) is 0 Å². The zero-order valence-corrected chi connectivity index (χ0v) is 12.5. The zero-order chi connectivity index (χ0) is 14.2. The molecule has 2 aromatic rings. The van der Waals surface area contributed by atoms with Crippen molar-refractivity contribution < 1.29 is 5.11 Å². The lowest BCUT2D eigenvalue weighted by Gasteiger charge is -2.37. The van der Waals surface area contributed by atoms with E-state index in [9.17, 15) is 5.11 Å². The van der Waals surface area contributed by atoms with Crippen LogP contribution in [0.5, 0.6) is 0 Å². The normalized spacial score (nSPS) is 20.1. The third kappa shape index (κ3) is 2.35. The van der Waals surface area contributed by atoms with Crippen molar-refractivity contribution in [2.45, 2.75) is 51.6 Å². The van der Waals surface area contributed by atoms with Gasteiger partial charge in [0.2, 0.25) is 0 Å². The summed E-state index contributed by atoms with van der Waals surface area (Å²) < 4.78 is 1.92. The highest BCUT2D eigenvalue weighted by Crippen LogP contribution is 2.40. The Morgan fingerprint density at radius 2 is 1.95 bits per heavy atom. The van der Waals surface area contributed by atoms with E-state index in [-0.39, 0.29) is 11.5 Å². The second-order valence-electron chi connectivity index (χ2n) is 6.52. The van der Waals surface area contributed by atoms with E-state index in [0.717, 1.165) is 24.1 Å². The van der Waals surface area contributed by atoms with Gasteiger partial charge in [0.15, 0.2) is 0 Å². The van der Waals surface area contributed by atoms with Crippen LogP contribution in [0.1, 0.15) is 44.7 Å². The van der Waals surface area contributed by atoms with Crippen molar-refractivity contribution >= 4 is 10.9 Å². The third-order valence-electron chi connectivity index (χ3n) is 5.02. The van der Waals surface area contributed by atoms with Gasteiger partial charge in [0.25, 0.3) is 0 Å². The Morgan fingerprint density at radius 1 is 1.25 bits per heavy atom. The Balaban J connectivity index is 1.85. The molecule has 0 aliphatic heterocycles. The molecule has 1 aromatic carbocycles. The van der Waals surface area contributed by atoms with E-state index >= 15 is 0 Å². The van der Waals surface area contributed by atoms with E-state index in [2.05, 4.69) is 24.2 Å². The van der Waals surface area contributed by atoms with Crippen LogP contribution in [-0.2, 0) is 13.5 Å². The Hall–Kier alpha value is -1.35. The van der Waals surface area contributed by atoms with Gasteiger partial charge in [0.1, 0.15) is 0 Å². The highest BCUT2D eigenvalue weighted by atomic mass is 16.3. The van der Waals surface area contributed by atoms with E-state index in [0.29, 0.717) is 6.42 Å². The average molecular weight is 272 g/mol. The molecule has 20 heavy (non-hydrogen) atoms. The molecule has 3 heteroatoms. The minimum atomic E-state index is -0.291. The summed E-state index contributed by atoms with van der Waals surface area (Å²) >= 11 is 0. The average Bonchev–Trinajstić information content (AvgIpc) is 2.77. The molecule has 1 fully saturated rings. The van der Waals surface area contributed by atoms with E-state index in [1.54, 1.807) is 0 Å². The molecule has 1 heterocycles. The topological polar surface area (TPSA) is 38.0 Å². The molecule has 1 atom stereocenters. The third-order valence-corrected chi connectivity index (χ3v) is 5.02. The molecule has 1 aromatic heterocycles. The number of para-hydroxylation sites is 1. The molecule has 0 amide bonds. The summed E-state index contributed by atoms with van der Waals surface area (Å²) in [5.74, 6) is 0. The SMILES string of the molecule is Cn1nc(CC(O)C2(C)CCCCC2)c2ccccc21. The van der Waals surface area contributed by atoms with E-state index in [1.807, 2.05) is 23.9 Å². The van der Waals surface area contributed by atoms with Crippen LogP contribution < -0.4 is 0 Å². The second kappa shape index (κ2) is 5.21. The second-order valence-corrected chi connectivity index (χ2v) is 6.52. The monoisotopic (exact) mass is 272 g/mol. The first-order valence-corrected chi connectivity index (χ1v) is 7.69. The summed E-state index contributed by atoms with van der Waals surface area (Å²) in [6, 6.07) is 8.27. The number of hydrogen-bond acceptors (Lipinski definition) is 2. The lowest BCUT2D eigenvalue weighted by Crippen LogP contribution is -2.36. The molecule has 1 N–H and O–H groups in total. The van der Waals surface area contributed by atoms with Gasteiger partial charge in [0, 0.05) is 18.9 Å². The van der Waals surface area contributed by atoms with Gasteiger partial charge in [-0.05, 0) is 24.3 Å². The van der Waals surface area contributed by atoms with Gasteiger partial charge in [-0.2, -0.15) is 5.10 Å². The van der Waals surface area contributed by atoms with Gasteiger partial charge in [-0.3, -0.25) is 4.68 Å². The van der Waals surface area contributed by atoms with Gasteiger partial charge in [-0.15, -0.1) is 0 Å². The quantitative estimate of drug-likeness (QED) is 0.929. The van der Waals surface area contributed by atoms with Gasteiger partial charge in [-0.25, -0.2) is 0 Å². The number of fused-ring (bicyclic) bond motifs is 1. The maximum absolute atomic E-state index is 10.7. The van der Waals surface area contributed by atoms with Crippen LogP contribution in [0.2, 0.25) is 0 Å². The summed E-state index contributed by atoms with van der Waals surface area (Å²) in [6.07, 6.45) is 6.46. The number of aryl methyl sites for hydroxylation is 1. The first-order chi connectivity index (χ1) is 9.60. The zero-order valence-electron chi connectivity index (χ0n) is 12.5. The fourth-order valence-electron chi connectivity index (χ4n) is 3.56. The highest BCUT2D eigenvalue weighted by molar-refractivity contribution is 5.81. The summed E-state index contributed by atoms with van der Waals surface area (Å²) in [5.41, 5.74) is 2.24. The molecule has 3 nitrogen and oxygen atoms in total. The summed E-state index contributed by atoms with van der Waals surface area (Å²) in [6.45, 7) is 2.24. The molecule has 0 saturated heterocycles. The lowest BCUT2D eigenvalue weighted by atomic mass is 9.70. The van der Waals surface area contributed by atoms with Crippen LogP contribution >= 0.6 is 0 Å². The highest BCUT2D eigenvalue weighted by Gasteiger charge is 2.35. The number of aliphatic hydroxyl groups excluding tert-OH is 1. The first kappa shape index (κ1) is 13.6. The standard InChI is InChI=1S/C17H24N2O/c1-17(10-6-3-7-11-17)16(20)12-14-13-8-4-5-9-15(13)19(2)18-14/h4-5,8-9,16,20H,3,6-7,10-12H2,1-2H3. The molecule has 108 valence electrons. The van der Waals surface area contributed by atoms with E-state index in [4.69, 9.17) is 0 Å². The smallest absolute Gasteiger partial charge is 0.0729 e. The van der Waals surface area contributed by atoms with Crippen molar-refractivity contribution in [3.63, 3.8) is 0 Å². The largest absolute Gasteiger partial charge is 0.392 e. The van der Waals surface area contributed by atoms with Crippen LogP contribution in [0, 0.1) is 5.41 Å². The molecule has 3 rings (SSSR count). The first-order valence-electron chi connectivity index (χ1n) is 7.69. The lowest BCUT2D eigenvalue weighted by molar-refractivity contribution is 0.00991. The minimum Gasteiger partial charge on any atom is -0.392 e. The number of benzene rings is 1. The summed E-state index contributed by atoms with van der Waals surface area (Å²) in [4.78, 5) is 0. The molecule has 1 aliphatic rings. The molecule has 0 bridgehead atoms. The van der Waals surface area contributed by atoms with Crippen molar-refractivity contribution in [1.82, 2.24) is 9.78 Å². The van der Waals surface area contributed by atoms with Crippen molar-refractivity contribution in [2.75, 3.05) is 0 Å². The molecule has 0 spiro atoms. The molecule has 1 aliphatic carbocycles. The Kier molecular flexibility index (Phi) is 3.55. The van der Waals surface area contributed by atoms with Crippen molar-refractivity contribution in [3.8, 4) is 0 Å². The number of hydrogen-bond donors (Lipinski definition) is 1. The molecular formula is C17H24N2O. The predicted octanol–water partition coefficient (Wildman–Crippen LogP) is 3.45. The number of aliphatic hydroxyl groups is 1. The minimum absolute atomic E-state index is 0.0663. The number of rotatable bonds is 3.